The van der Waals surface area contributed by atoms with Gasteiger partial charge in [-0.05, 0) is 0 Å². The fourth-order valence-corrected chi connectivity index (χ4v) is 0. The van der Waals surface area contributed by atoms with E-state index in [0.717, 1.165) is 0 Å². The van der Waals surface area contributed by atoms with Crippen molar-refractivity contribution in [3.63, 3.8) is 0 Å². The Morgan fingerprint density at radius 2 is 1.80 bits per heavy atom. The van der Waals surface area contributed by atoms with Gasteiger partial charge in [-0.3, -0.25) is 0 Å². The zero-order valence-corrected chi connectivity index (χ0v) is 5.20. The average molecular weight is 156 g/mol. The quantitative estimate of drug-likeness (QED) is 0.268. The second-order valence-electron chi connectivity index (χ2n) is 0.364. The minimum atomic E-state index is 0. The molecule has 3 N–H and O–H groups in total. The van der Waals surface area contributed by atoms with Gasteiger partial charge in [0, 0.05) is 0 Å². The Morgan fingerprint density at radius 3 is 1.80 bits per heavy atom. The first-order chi connectivity index (χ1) is 1.73. The van der Waals surface area contributed by atoms with Crippen molar-refractivity contribution in [2.75, 3.05) is 0 Å². The first-order valence-corrected chi connectivity index (χ1v) is 1.60. The van der Waals surface area contributed by atoms with Crippen LogP contribution in [0.2, 0.25) is 0 Å². The zero-order valence-electron chi connectivity index (χ0n) is 2.49. The summed E-state index contributed by atoms with van der Waals surface area (Å²) in [6, 6.07) is 0. The third kappa shape index (κ3) is 206. The summed E-state index contributed by atoms with van der Waals surface area (Å²) >= 11 is 2.26. The van der Waals surface area contributed by atoms with Crippen LogP contribution in [0.25, 0.3) is 0 Å². The normalized spacial score (nSPS) is 4.80. The van der Waals surface area contributed by atoms with Crippen LogP contribution in [0.1, 0.15) is 0 Å². The van der Waals surface area contributed by atoms with Gasteiger partial charge >= 0.3 is 31.9 Å². The second-order valence-corrected chi connectivity index (χ2v) is 1.29. The van der Waals surface area contributed by atoms with Crippen LogP contribution in [-0.4, -0.2) is 20.7 Å². The van der Waals surface area contributed by atoms with Crippen LogP contribution in [0.4, 0.5) is 0 Å². The van der Waals surface area contributed by atoms with Gasteiger partial charge in [-0.25, -0.2) is 0 Å². The minimum absolute atomic E-state index is 0. The van der Waals surface area contributed by atoms with Crippen LogP contribution in [0.5, 0.6) is 0 Å². The third-order valence-corrected chi connectivity index (χ3v) is 0. The van der Waals surface area contributed by atoms with E-state index in [1.807, 2.05) is 0 Å². The van der Waals surface area contributed by atoms with Crippen LogP contribution in [0.15, 0.2) is 0 Å². The summed E-state index contributed by atoms with van der Waals surface area (Å²) in [7, 11) is 0. The molecule has 0 bridgehead atoms. The zero-order chi connectivity index (χ0) is 3.58. The number of nitrogens with two attached hydrogens (primary N) is 1. The Kier molecular flexibility index (Phi) is 7.83. The molecule has 0 aromatic rings. The molecule has 31 valence electrons. The predicted molar refractivity (Wildman–Crippen MR) is 28.0 cm³/mol. The Morgan fingerprint density at radius 1 is 1.80 bits per heavy atom. The van der Waals surface area contributed by atoms with Gasteiger partial charge in [-0.1, -0.05) is 0 Å². The minimum Gasteiger partial charge on any atom is -0.197 e. The van der Waals surface area contributed by atoms with E-state index in [9.17, 15) is 0 Å². The van der Waals surface area contributed by atoms with E-state index < -0.39 is 0 Å². The summed E-state index contributed by atoms with van der Waals surface area (Å²) in [6.45, 7) is 0. The van der Waals surface area contributed by atoms with Crippen LogP contribution >= 0.6 is 13.5 Å². The number of rotatable bonds is 0. The molecule has 0 unspecified atom stereocenters. The number of amidine groups is 1. The van der Waals surface area contributed by atoms with Gasteiger partial charge in [0.25, 0.3) is 0 Å². The molecule has 5 heavy (non-hydrogen) atoms. The Bertz CT molecular complexity index is 32.6. The fourth-order valence-electron chi connectivity index (χ4n) is 0. The largest absolute Gasteiger partial charge is 0.197 e. The summed E-state index contributed by atoms with van der Waals surface area (Å²) in [6.07, 6.45) is 0. The predicted octanol–water partition coefficient (Wildman–Crippen LogP) is -0.839. The van der Waals surface area contributed by atoms with E-state index in [0.29, 0.717) is 0 Å². The van der Waals surface area contributed by atoms with Gasteiger partial charge in [-0.15, -0.1) is 0 Å². The molecular weight excluding hydrogens is 151 g/mol. The van der Waals surface area contributed by atoms with Crippen molar-refractivity contribution in [1.82, 2.24) is 0 Å². The number of hydrogen-bond acceptors (Lipinski definition) is 1. The van der Waals surface area contributed by atoms with Crippen molar-refractivity contribution in [1.29, 1.82) is 5.41 Å². The van der Waals surface area contributed by atoms with E-state index in [1.165, 1.54) is 0 Å². The van der Waals surface area contributed by atoms with E-state index in [1.54, 1.807) is 0 Å². The molecule has 0 amide bonds. The molecule has 0 heterocycles. The van der Waals surface area contributed by atoms with Crippen LogP contribution < -0.4 is 5.73 Å². The van der Waals surface area contributed by atoms with Crippen molar-refractivity contribution in [3.8, 4) is 0 Å². The maximum Gasteiger partial charge on any atom is -0.197 e. The van der Waals surface area contributed by atoms with Gasteiger partial charge < -0.3 is 0 Å². The first kappa shape index (κ1) is 9.02. The summed E-state index contributed by atoms with van der Waals surface area (Å²) in [5.74, 6) is 0. The molecule has 0 saturated carbocycles. The van der Waals surface area contributed by atoms with Crippen molar-refractivity contribution in [2.24, 2.45) is 5.73 Å². The van der Waals surface area contributed by atoms with Crippen molar-refractivity contribution >= 4 is 34.2 Å². The number of nitrogens with one attached hydrogen (secondary N) is 1. The van der Waals surface area contributed by atoms with E-state index in [4.69, 9.17) is 5.41 Å². The molecule has 0 saturated heterocycles. The summed E-state index contributed by atoms with van der Waals surface area (Å²) in [4.78, 5) is 0. The molecular formula is CH5N2SSe. The Labute approximate surface area is 45.9 Å². The molecule has 1 radical (unpaired) electrons. The van der Waals surface area contributed by atoms with E-state index >= 15 is 0 Å². The van der Waals surface area contributed by atoms with E-state index in [2.05, 4.69) is 21.7 Å². The second kappa shape index (κ2) is 4.34. The monoisotopic (exact) mass is 157 g/mol. The molecule has 0 spiro atoms. The van der Waals surface area contributed by atoms with Crippen molar-refractivity contribution in [2.45, 2.75) is 0 Å². The topological polar surface area (TPSA) is 49.9 Å². The maximum absolute atomic E-state index is 6.22. The van der Waals surface area contributed by atoms with Gasteiger partial charge in [0.15, 0.2) is 0 Å². The average Bonchev–Trinajstić information content (AvgIpc) is 0.811. The fraction of sp³-hybridized carbons (Fsp3) is 0. The summed E-state index contributed by atoms with van der Waals surface area (Å²) < 4.78 is 0.0417. The molecule has 0 fully saturated rings. The smallest absolute Gasteiger partial charge is 0.197 e. The molecule has 0 aliphatic carbocycles. The van der Waals surface area contributed by atoms with Crippen LogP contribution in [0, 0.1) is 5.41 Å². The van der Waals surface area contributed by atoms with Gasteiger partial charge in [0.1, 0.15) is 0 Å². The standard InChI is InChI=1S/CH3N2Se.H2S/c2-1(3)4;/h(H3,2,3);1H2. The first-order valence-electron chi connectivity index (χ1n) is 0.743. The molecule has 0 atom stereocenters. The molecule has 0 aliphatic heterocycles. The molecule has 0 aliphatic rings. The van der Waals surface area contributed by atoms with Gasteiger partial charge in [-0.2, -0.15) is 13.5 Å². The molecule has 2 nitrogen and oxygen atoms in total. The van der Waals surface area contributed by atoms with Gasteiger partial charge in [0.05, 0.1) is 0 Å². The molecule has 4 heteroatoms. The molecule has 0 rings (SSSR count). The Hall–Kier alpha value is 0.339. The van der Waals surface area contributed by atoms with Crippen molar-refractivity contribution in [3.05, 3.63) is 0 Å². The van der Waals surface area contributed by atoms with Crippen LogP contribution in [0.3, 0.4) is 0 Å². The molecule has 0 aromatic heterocycles. The van der Waals surface area contributed by atoms with Gasteiger partial charge in [0.2, 0.25) is 0 Å². The number of hydrogen-bond donors (Lipinski definition) is 2. The van der Waals surface area contributed by atoms with E-state index in [-0.39, 0.29) is 18.2 Å². The molecule has 0 aromatic carbocycles. The summed E-state index contributed by atoms with van der Waals surface area (Å²) in [5.41, 5.74) is 4.64. The SMILES string of the molecule is N=C(N)[Se].S. The summed E-state index contributed by atoms with van der Waals surface area (Å²) in [5, 5.41) is 6.22. The van der Waals surface area contributed by atoms with Crippen molar-refractivity contribution < 1.29 is 0 Å². The maximum atomic E-state index is 6.22. The van der Waals surface area contributed by atoms with Crippen LogP contribution in [-0.2, 0) is 0 Å². The Balaban J connectivity index is 0. The third-order valence-electron chi connectivity index (χ3n) is 0.